The van der Waals surface area contributed by atoms with Crippen LogP contribution in [0.4, 0.5) is 11.5 Å². The molecule has 0 unspecified atom stereocenters. The van der Waals surface area contributed by atoms with Crippen LogP contribution in [0.15, 0.2) is 24.5 Å². The molecule has 10 heteroatoms. The van der Waals surface area contributed by atoms with Crippen molar-refractivity contribution < 1.29 is 9.53 Å². The molecule has 1 aliphatic rings. The normalized spacial score (nSPS) is 17.3. The number of hydrogen-bond donors (Lipinski definition) is 2. The number of amides is 1. The summed E-state index contributed by atoms with van der Waals surface area (Å²) in [6, 6.07) is 3.83. The Morgan fingerprint density at radius 2 is 2.17 bits per heavy atom. The highest BCUT2D eigenvalue weighted by molar-refractivity contribution is 5.95. The largest absolute Gasteiger partial charge is 0.375 e. The highest BCUT2D eigenvalue weighted by atomic mass is 16.5. The molecule has 4 bridgehead atoms. The van der Waals surface area contributed by atoms with Crippen molar-refractivity contribution in [3.63, 3.8) is 0 Å². The van der Waals surface area contributed by atoms with Crippen LogP contribution in [-0.4, -0.2) is 47.9 Å². The van der Waals surface area contributed by atoms with E-state index in [9.17, 15) is 4.79 Å². The lowest BCUT2D eigenvalue weighted by molar-refractivity contribution is 0.0815. The van der Waals surface area contributed by atoms with Crippen LogP contribution in [0.5, 0.6) is 0 Å². The highest BCUT2D eigenvalue weighted by Crippen LogP contribution is 2.27. The molecule has 148 valence electrons. The molecule has 4 heterocycles. The quantitative estimate of drug-likeness (QED) is 0.469. The van der Waals surface area contributed by atoms with Gasteiger partial charge in [0.25, 0.3) is 5.91 Å². The molecule has 0 spiro atoms. The van der Waals surface area contributed by atoms with Gasteiger partial charge < -0.3 is 15.4 Å². The van der Waals surface area contributed by atoms with Crippen LogP contribution in [0, 0.1) is 6.92 Å². The molecule has 29 heavy (non-hydrogen) atoms. The van der Waals surface area contributed by atoms with Gasteiger partial charge in [-0.1, -0.05) is 5.21 Å². The molecule has 1 atom stereocenters. The van der Waals surface area contributed by atoms with Gasteiger partial charge in [-0.05, 0) is 31.5 Å². The lowest BCUT2D eigenvalue weighted by Crippen LogP contribution is -2.36. The van der Waals surface area contributed by atoms with Gasteiger partial charge in [-0.2, -0.15) is 0 Å². The van der Waals surface area contributed by atoms with Crippen molar-refractivity contribution in [2.45, 2.75) is 26.5 Å². The monoisotopic (exact) mass is 392 g/mol. The van der Waals surface area contributed by atoms with Gasteiger partial charge >= 0.3 is 0 Å². The predicted molar refractivity (Wildman–Crippen MR) is 106 cm³/mol. The average Bonchev–Trinajstić information content (AvgIpc) is 3.20. The van der Waals surface area contributed by atoms with Crippen LogP contribution >= 0.6 is 0 Å². The first-order chi connectivity index (χ1) is 14.0. The second-order valence-corrected chi connectivity index (χ2v) is 7.29. The van der Waals surface area contributed by atoms with E-state index in [0.29, 0.717) is 36.1 Å². The standard InChI is InChI=1S/C19H20N8O2/c1-10-8-29-9-12-4-13(17-14(5-12)26(3)25-24-17)23-15-7-27-16(6-20-15)22-11(2)18(27)19(28)21-10/h4-7,10,23H,8-9H2,1-3H3,(H,21,28)/t10-/m1/s1. The molecule has 4 aromatic rings. The van der Waals surface area contributed by atoms with Crippen LogP contribution in [0.2, 0.25) is 0 Å². The number of hydrogen-bond acceptors (Lipinski definition) is 7. The maximum absolute atomic E-state index is 12.8. The van der Waals surface area contributed by atoms with Crippen molar-refractivity contribution in [3.8, 4) is 0 Å². The first-order valence-corrected chi connectivity index (χ1v) is 9.32. The van der Waals surface area contributed by atoms with Crippen molar-refractivity contribution in [1.82, 2.24) is 34.7 Å². The van der Waals surface area contributed by atoms with Crippen LogP contribution in [0.25, 0.3) is 16.7 Å². The molecule has 0 saturated carbocycles. The van der Waals surface area contributed by atoms with E-state index < -0.39 is 0 Å². The van der Waals surface area contributed by atoms with Crippen molar-refractivity contribution in [3.05, 3.63) is 41.5 Å². The van der Waals surface area contributed by atoms with E-state index in [0.717, 1.165) is 22.3 Å². The summed E-state index contributed by atoms with van der Waals surface area (Å²) in [6.07, 6.45) is 3.41. The van der Waals surface area contributed by atoms with Crippen LogP contribution < -0.4 is 10.6 Å². The molecule has 5 rings (SSSR count). The van der Waals surface area contributed by atoms with E-state index in [-0.39, 0.29) is 11.9 Å². The minimum Gasteiger partial charge on any atom is -0.375 e. The number of nitrogens with one attached hydrogen (secondary N) is 2. The number of carbonyl (C=O) groups excluding carboxylic acids is 1. The molecule has 1 aromatic carbocycles. The number of anilines is 2. The van der Waals surface area contributed by atoms with Crippen molar-refractivity contribution in [2.24, 2.45) is 7.05 Å². The molecule has 2 N–H and O–H groups in total. The molecule has 0 radical (unpaired) electrons. The maximum atomic E-state index is 12.8. The summed E-state index contributed by atoms with van der Waals surface area (Å²) in [4.78, 5) is 21.7. The first-order valence-electron chi connectivity index (χ1n) is 9.32. The van der Waals surface area contributed by atoms with Gasteiger partial charge in [0.2, 0.25) is 0 Å². The molecular formula is C19H20N8O2. The van der Waals surface area contributed by atoms with Crippen LogP contribution in [0.3, 0.4) is 0 Å². The summed E-state index contributed by atoms with van der Waals surface area (Å²) < 4.78 is 9.32. The number of carbonyl (C=O) groups is 1. The third-order valence-electron chi connectivity index (χ3n) is 4.95. The third-order valence-corrected chi connectivity index (χ3v) is 4.95. The second-order valence-electron chi connectivity index (χ2n) is 7.29. The van der Waals surface area contributed by atoms with Crippen molar-refractivity contribution in [2.75, 3.05) is 11.9 Å². The van der Waals surface area contributed by atoms with Gasteiger partial charge in [0.15, 0.2) is 5.65 Å². The fourth-order valence-electron chi connectivity index (χ4n) is 3.60. The Balaban J connectivity index is 1.70. The van der Waals surface area contributed by atoms with E-state index >= 15 is 0 Å². The molecule has 0 saturated heterocycles. The zero-order valence-corrected chi connectivity index (χ0v) is 16.3. The predicted octanol–water partition coefficient (Wildman–Crippen LogP) is 1.71. The Labute approximate surface area is 165 Å². The van der Waals surface area contributed by atoms with Gasteiger partial charge in [-0.3, -0.25) is 9.20 Å². The van der Waals surface area contributed by atoms with E-state index in [4.69, 9.17) is 4.74 Å². The molecule has 3 aromatic heterocycles. The first kappa shape index (κ1) is 17.6. The Kier molecular flexibility index (Phi) is 3.95. The minimum atomic E-state index is -0.199. The molecule has 1 aliphatic heterocycles. The zero-order chi connectivity index (χ0) is 20.1. The van der Waals surface area contributed by atoms with Crippen molar-refractivity contribution >= 4 is 34.1 Å². The zero-order valence-electron chi connectivity index (χ0n) is 16.3. The summed E-state index contributed by atoms with van der Waals surface area (Å²) in [5, 5.41) is 14.7. The fraction of sp³-hybridized carbons (Fsp3) is 0.316. The summed E-state index contributed by atoms with van der Waals surface area (Å²) >= 11 is 0. The maximum Gasteiger partial charge on any atom is 0.270 e. The number of aromatic nitrogens is 6. The summed E-state index contributed by atoms with van der Waals surface area (Å²) in [6.45, 7) is 4.51. The lowest BCUT2D eigenvalue weighted by atomic mass is 10.1. The van der Waals surface area contributed by atoms with Gasteiger partial charge in [-0.25, -0.2) is 14.6 Å². The number of ether oxygens (including phenoxy) is 1. The number of nitrogens with zero attached hydrogens (tertiary/aromatic N) is 6. The van der Waals surface area contributed by atoms with E-state index in [2.05, 4.69) is 30.9 Å². The Hall–Kier alpha value is -3.53. The Bertz CT molecular complexity index is 1260. The van der Waals surface area contributed by atoms with Gasteiger partial charge in [0.1, 0.15) is 17.0 Å². The molecular weight excluding hydrogens is 372 g/mol. The van der Waals surface area contributed by atoms with E-state index in [1.54, 1.807) is 21.5 Å². The van der Waals surface area contributed by atoms with Gasteiger partial charge in [-0.15, -0.1) is 5.10 Å². The number of aryl methyl sites for hydroxylation is 2. The van der Waals surface area contributed by atoms with E-state index in [1.165, 1.54) is 0 Å². The number of rotatable bonds is 0. The van der Waals surface area contributed by atoms with Gasteiger partial charge in [0, 0.05) is 13.1 Å². The SMILES string of the molecule is Cc1nc2cnc3cn2c1C(=O)N[C@H](C)COCc1cc(c2nnn(C)c2c1)N3. The molecule has 0 aliphatic carbocycles. The summed E-state index contributed by atoms with van der Waals surface area (Å²) in [5.74, 6) is 0.370. The average molecular weight is 392 g/mol. The molecule has 0 fully saturated rings. The lowest BCUT2D eigenvalue weighted by Gasteiger charge is -2.16. The smallest absolute Gasteiger partial charge is 0.270 e. The number of imidazole rings is 1. The second kappa shape index (κ2) is 6.52. The summed E-state index contributed by atoms with van der Waals surface area (Å²) in [5.41, 5.74) is 5.09. The van der Waals surface area contributed by atoms with E-state index in [1.807, 2.05) is 33.0 Å². The molecule has 10 nitrogen and oxygen atoms in total. The Morgan fingerprint density at radius 3 is 3.03 bits per heavy atom. The van der Waals surface area contributed by atoms with Crippen LogP contribution in [0.1, 0.15) is 28.7 Å². The third kappa shape index (κ3) is 2.97. The number of benzene rings is 1. The minimum absolute atomic E-state index is 0.156. The fourth-order valence-corrected chi connectivity index (χ4v) is 3.60. The summed E-state index contributed by atoms with van der Waals surface area (Å²) in [7, 11) is 1.85. The van der Waals surface area contributed by atoms with Gasteiger partial charge in [0.05, 0.1) is 42.5 Å². The topological polar surface area (TPSA) is 111 Å². The van der Waals surface area contributed by atoms with Crippen molar-refractivity contribution in [1.29, 1.82) is 0 Å². The Morgan fingerprint density at radius 1 is 1.31 bits per heavy atom. The molecule has 1 amide bonds. The highest BCUT2D eigenvalue weighted by Gasteiger charge is 2.20. The number of fused-ring (bicyclic) bond motifs is 5. The van der Waals surface area contributed by atoms with Crippen LogP contribution in [-0.2, 0) is 18.4 Å².